The molecule has 44 heavy (non-hydrogen) atoms. The molecule has 1 saturated carbocycles. The van der Waals surface area contributed by atoms with Gasteiger partial charge in [0.1, 0.15) is 11.4 Å². The highest BCUT2D eigenvalue weighted by Gasteiger charge is 2.48. The Morgan fingerprint density at radius 2 is 1.70 bits per heavy atom. The highest BCUT2D eigenvalue weighted by Crippen LogP contribution is 2.38. The van der Waals surface area contributed by atoms with E-state index in [-0.39, 0.29) is 56.0 Å². The van der Waals surface area contributed by atoms with Crippen LogP contribution in [0.2, 0.25) is 0 Å². The molecule has 240 valence electrons. The van der Waals surface area contributed by atoms with Crippen LogP contribution in [0.15, 0.2) is 33.5 Å². The molecule has 10 nitrogen and oxygen atoms in total. The number of nitrogens with one attached hydrogen (secondary N) is 1. The van der Waals surface area contributed by atoms with Crippen molar-refractivity contribution in [2.45, 2.75) is 76.9 Å². The summed E-state index contributed by atoms with van der Waals surface area (Å²) in [4.78, 5) is 30.2. The Morgan fingerprint density at radius 3 is 2.25 bits per heavy atom. The molecule has 1 spiro atoms. The van der Waals surface area contributed by atoms with Crippen LogP contribution in [0.3, 0.4) is 0 Å². The molecule has 0 bridgehead atoms. The number of halogens is 3. The number of hydrogen-bond acceptors (Lipinski definition) is 6. The van der Waals surface area contributed by atoms with Crippen LogP contribution in [0.5, 0.6) is 5.88 Å². The van der Waals surface area contributed by atoms with Crippen LogP contribution in [0.25, 0.3) is 11.8 Å². The third-order valence-electron chi connectivity index (χ3n) is 9.25. The monoisotopic (exact) mass is 637 g/mol. The molecule has 5 rings (SSSR count). The zero-order valence-corrected chi connectivity index (χ0v) is 25.8. The fourth-order valence-electron chi connectivity index (χ4n) is 6.65. The molecule has 2 fully saturated rings. The van der Waals surface area contributed by atoms with Crippen molar-refractivity contribution >= 4 is 27.8 Å². The van der Waals surface area contributed by atoms with Gasteiger partial charge in [-0.3, -0.25) is 14.4 Å². The Bertz CT molecular complexity index is 1640. The Morgan fingerprint density at radius 1 is 1.09 bits per heavy atom. The van der Waals surface area contributed by atoms with Crippen molar-refractivity contribution < 1.29 is 31.5 Å². The molecular weight excluding hydrogens is 599 g/mol. The van der Waals surface area contributed by atoms with Gasteiger partial charge in [0.05, 0.1) is 11.9 Å². The molecule has 0 atom stereocenters. The number of imidazole rings is 1. The minimum absolute atomic E-state index is 0.00693. The second-order valence-corrected chi connectivity index (χ2v) is 14.1. The summed E-state index contributed by atoms with van der Waals surface area (Å²) in [6.45, 7) is 3.83. The fourth-order valence-corrected chi connectivity index (χ4v) is 7.82. The summed E-state index contributed by atoms with van der Waals surface area (Å²) in [7, 11) is -2.28. The largest absolute Gasteiger partial charge is 0.493 e. The minimum atomic E-state index is -4.15. The van der Waals surface area contributed by atoms with E-state index in [1.807, 2.05) is 0 Å². The maximum atomic E-state index is 13.3. The number of nitrogens with zero attached hydrogens (tertiary/aromatic N) is 4. The quantitative estimate of drug-likeness (QED) is 0.468. The summed E-state index contributed by atoms with van der Waals surface area (Å²) in [5.41, 5.74) is 1.15. The molecule has 0 unspecified atom stereocenters. The number of aromatic hydroxyl groups is 1. The molecule has 3 heterocycles. The van der Waals surface area contributed by atoms with E-state index in [0.717, 1.165) is 16.5 Å². The van der Waals surface area contributed by atoms with Crippen LogP contribution in [-0.4, -0.2) is 63.5 Å². The Labute approximate surface area is 254 Å². The molecule has 2 aliphatic heterocycles. The number of carbonyl (C=O) groups excluding carboxylic acids is 1. The SMILES string of the molecule is Cc1cc(-n2c(O)cn(C)c2=O)cc(C)c1C=CS(=O)(=O)N1CCC2(CC1)N=C(C1CCC(CCC(F)(F)F)CC1)NC2=O. The number of rotatable bonds is 7. The first-order valence-corrected chi connectivity index (χ1v) is 16.3. The van der Waals surface area contributed by atoms with Gasteiger partial charge in [0, 0.05) is 37.9 Å². The third-order valence-corrected chi connectivity index (χ3v) is 10.8. The lowest BCUT2D eigenvalue weighted by Gasteiger charge is -2.34. The van der Waals surface area contributed by atoms with E-state index in [4.69, 9.17) is 4.99 Å². The van der Waals surface area contributed by atoms with Crippen molar-refractivity contribution in [3.05, 3.63) is 50.9 Å². The van der Waals surface area contributed by atoms with E-state index >= 15 is 0 Å². The van der Waals surface area contributed by atoms with Gasteiger partial charge in [-0.15, -0.1) is 0 Å². The van der Waals surface area contributed by atoms with Gasteiger partial charge >= 0.3 is 11.9 Å². The molecule has 1 aromatic carbocycles. The van der Waals surface area contributed by atoms with Gasteiger partial charge in [-0.25, -0.2) is 17.8 Å². The number of aliphatic imine (C=N–C) groups is 1. The Hall–Kier alpha value is -3.39. The number of hydrogen-bond donors (Lipinski definition) is 2. The van der Waals surface area contributed by atoms with Crippen LogP contribution < -0.4 is 11.0 Å². The van der Waals surface area contributed by atoms with Crippen LogP contribution in [-0.2, 0) is 21.9 Å². The maximum absolute atomic E-state index is 13.3. The third kappa shape index (κ3) is 6.51. The second kappa shape index (κ2) is 11.8. The number of aryl methyl sites for hydroxylation is 3. The van der Waals surface area contributed by atoms with Crippen LogP contribution in [0.4, 0.5) is 13.2 Å². The van der Waals surface area contributed by atoms with Crippen molar-refractivity contribution in [1.82, 2.24) is 18.8 Å². The summed E-state index contributed by atoms with van der Waals surface area (Å²) >= 11 is 0. The van der Waals surface area contributed by atoms with E-state index in [2.05, 4.69) is 5.32 Å². The van der Waals surface area contributed by atoms with Gasteiger partial charge < -0.3 is 10.4 Å². The number of amidine groups is 1. The molecule has 3 aliphatic rings. The van der Waals surface area contributed by atoms with Crippen LogP contribution >= 0.6 is 0 Å². The minimum Gasteiger partial charge on any atom is -0.493 e. The molecule has 0 radical (unpaired) electrons. The van der Waals surface area contributed by atoms with E-state index in [1.54, 1.807) is 26.0 Å². The van der Waals surface area contributed by atoms with Gasteiger partial charge in [-0.05, 0) is 99.6 Å². The number of amides is 1. The first kappa shape index (κ1) is 32.0. The summed E-state index contributed by atoms with van der Waals surface area (Å²) in [5.74, 6) is 0.153. The van der Waals surface area contributed by atoms with Crippen molar-refractivity contribution in [3.8, 4) is 11.6 Å². The first-order valence-electron chi connectivity index (χ1n) is 14.8. The lowest BCUT2D eigenvalue weighted by Crippen LogP contribution is -2.50. The van der Waals surface area contributed by atoms with Crippen molar-refractivity contribution in [1.29, 1.82) is 0 Å². The number of alkyl halides is 3. The summed E-state index contributed by atoms with van der Waals surface area (Å²) in [6.07, 6.45) is 1.18. The average Bonchev–Trinajstić information content (AvgIpc) is 3.40. The van der Waals surface area contributed by atoms with E-state index < -0.39 is 33.8 Å². The summed E-state index contributed by atoms with van der Waals surface area (Å²) in [5, 5.41) is 14.2. The molecule has 14 heteroatoms. The van der Waals surface area contributed by atoms with Gasteiger partial charge in [-0.1, -0.05) is 0 Å². The van der Waals surface area contributed by atoms with Gasteiger partial charge in [0.15, 0.2) is 0 Å². The van der Waals surface area contributed by atoms with Gasteiger partial charge in [-0.2, -0.15) is 17.5 Å². The van der Waals surface area contributed by atoms with E-state index in [0.29, 0.717) is 42.8 Å². The normalized spacial score (nSPS) is 23.0. The molecule has 2 N–H and O–H groups in total. The molecular formula is C30H38F3N5O5S. The summed E-state index contributed by atoms with van der Waals surface area (Å²) < 4.78 is 68.1. The second-order valence-electron chi connectivity index (χ2n) is 12.3. The predicted octanol–water partition coefficient (Wildman–Crippen LogP) is 4.31. The smallest absolute Gasteiger partial charge is 0.389 e. The van der Waals surface area contributed by atoms with Crippen molar-refractivity contribution in [2.75, 3.05) is 13.1 Å². The topological polar surface area (TPSA) is 126 Å². The highest BCUT2D eigenvalue weighted by atomic mass is 32.2. The molecule has 2 aromatic rings. The summed E-state index contributed by atoms with van der Waals surface area (Å²) in [6, 6.07) is 3.41. The number of piperidine rings is 1. The molecule has 1 saturated heterocycles. The lowest BCUT2D eigenvalue weighted by molar-refractivity contribution is -0.138. The average molecular weight is 638 g/mol. The number of aromatic nitrogens is 2. The van der Waals surface area contributed by atoms with Crippen LogP contribution in [0, 0.1) is 25.7 Å². The van der Waals surface area contributed by atoms with Crippen molar-refractivity contribution in [2.24, 2.45) is 23.9 Å². The maximum Gasteiger partial charge on any atom is 0.389 e. The Balaban J connectivity index is 1.22. The fraction of sp³-hybridized carbons (Fsp3) is 0.567. The lowest BCUT2D eigenvalue weighted by atomic mass is 9.79. The molecule has 1 amide bonds. The van der Waals surface area contributed by atoms with Crippen molar-refractivity contribution in [3.63, 3.8) is 0 Å². The zero-order chi connectivity index (χ0) is 32.0. The van der Waals surface area contributed by atoms with E-state index in [9.17, 15) is 36.3 Å². The number of carbonyl (C=O) groups is 1. The first-order chi connectivity index (χ1) is 20.6. The van der Waals surface area contributed by atoms with Gasteiger partial charge in [0.25, 0.3) is 5.91 Å². The standard InChI is InChI=1S/C30H38F3N5O5S/c1-19-16-23(38-25(39)18-36(3)28(38)41)17-20(2)24(19)9-15-44(42,43)37-13-11-29(12-14-37)27(40)34-26(35-29)22-6-4-21(5-7-22)8-10-30(31,32)33/h9,15-18,21-22,39H,4-8,10-14H2,1-3H3,(H,34,35,40). The Kier molecular flexibility index (Phi) is 8.62. The van der Waals surface area contributed by atoms with Crippen LogP contribution in [0.1, 0.15) is 68.1 Å². The number of sulfonamides is 1. The van der Waals surface area contributed by atoms with E-state index in [1.165, 1.54) is 32.8 Å². The van der Waals surface area contributed by atoms with Gasteiger partial charge in [0.2, 0.25) is 15.9 Å². The highest BCUT2D eigenvalue weighted by molar-refractivity contribution is 7.92. The predicted molar refractivity (Wildman–Crippen MR) is 160 cm³/mol. The zero-order valence-electron chi connectivity index (χ0n) is 25.0. The molecule has 1 aromatic heterocycles. The number of benzene rings is 1. The molecule has 1 aliphatic carbocycles.